The molecule has 1 N–H and O–H groups in total. The fourth-order valence-corrected chi connectivity index (χ4v) is 2.61. The lowest BCUT2D eigenvalue weighted by Crippen LogP contribution is -2.06. The minimum Gasteiger partial charge on any atom is -0.733 e. The smallest absolute Gasteiger partial charge is 0.363 e. The molecule has 7 nitrogen and oxygen atoms in total. The summed E-state index contributed by atoms with van der Waals surface area (Å²) in [7, 11) is 0. The van der Waals surface area contributed by atoms with Crippen LogP contribution in [0.4, 0.5) is 5.69 Å². The quantitative estimate of drug-likeness (QED) is 0.429. The van der Waals surface area contributed by atoms with Crippen molar-refractivity contribution in [1.29, 1.82) is 0 Å². The predicted octanol–water partition coefficient (Wildman–Crippen LogP) is 3.98. The zero-order chi connectivity index (χ0) is 18.8. The summed E-state index contributed by atoms with van der Waals surface area (Å²) < 4.78 is 10.9. The van der Waals surface area contributed by atoms with Gasteiger partial charge in [0, 0.05) is 17.2 Å². The van der Waals surface area contributed by atoms with E-state index >= 15 is 0 Å². The van der Waals surface area contributed by atoms with Gasteiger partial charge in [0.15, 0.2) is 5.70 Å². The molecule has 0 fully saturated rings. The normalized spacial score (nSPS) is 15.0. The molecule has 3 aromatic rings. The second-order valence-corrected chi connectivity index (χ2v) is 5.73. The minimum atomic E-state index is -0.559. The summed E-state index contributed by atoms with van der Waals surface area (Å²) in [5.41, 5.74) is 1.52. The molecule has 1 aromatic heterocycles. The summed E-state index contributed by atoms with van der Waals surface area (Å²) >= 11 is 0. The summed E-state index contributed by atoms with van der Waals surface area (Å²) in [5, 5.41) is 19.8. The molecule has 0 aliphatic carbocycles. The first-order valence-corrected chi connectivity index (χ1v) is 8.04. The van der Waals surface area contributed by atoms with Gasteiger partial charge in [0.1, 0.15) is 11.5 Å². The van der Waals surface area contributed by atoms with Crippen LogP contribution in [0.1, 0.15) is 11.3 Å². The van der Waals surface area contributed by atoms with Gasteiger partial charge in [-0.3, -0.25) is 5.21 Å². The van der Waals surface area contributed by atoms with Gasteiger partial charge in [-0.2, -0.15) is 0 Å². The molecule has 0 spiro atoms. The van der Waals surface area contributed by atoms with Crippen molar-refractivity contribution in [3.63, 3.8) is 0 Å². The Morgan fingerprint density at radius 1 is 1.00 bits per heavy atom. The van der Waals surface area contributed by atoms with Crippen molar-refractivity contribution >= 4 is 23.6 Å². The summed E-state index contributed by atoms with van der Waals surface area (Å²) in [4.78, 5) is 16.3. The maximum absolute atomic E-state index is 12.0. The molecule has 0 radical (unpaired) electrons. The van der Waals surface area contributed by atoms with Crippen molar-refractivity contribution in [3.8, 4) is 11.3 Å². The number of hydrogen-bond donors (Lipinski definition) is 1. The van der Waals surface area contributed by atoms with Gasteiger partial charge < -0.3 is 19.6 Å². The molecule has 0 atom stereocenters. The molecule has 2 heterocycles. The average molecular weight is 361 g/mol. The highest BCUT2D eigenvalue weighted by atomic mass is 16.8. The molecule has 4 rings (SSSR count). The van der Waals surface area contributed by atoms with Crippen molar-refractivity contribution in [2.45, 2.75) is 0 Å². The van der Waals surface area contributed by atoms with Gasteiger partial charge in [-0.05, 0) is 36.4 Å². The zero-order valence-corrected chi connectivity index (χ0v) is 13.9. The van der Waals surface area contributed by atoms with E-state index in [1.165, 1.54) is 18.2 Å². The Hall–Kier alpha value is -3.68. The van der Waals surface area contributed by atoms with Crippen LogP contribution >= 0.6 is 0 Å². The molecule has 1 aliphatic heterocycles. The van der Waals surface area contributed by atoms with Gasteiger partial charge in [0.05, 0.1) is 5.69 Å². The Balaban J connectivity index is 1.61. The number of ether oxygens (including phenoxy) is 1. The molecule has 0 amide bonds. The van der Waals surface area contributed by atoms with E-state index in [-0.39, 0.29) is 22.5 Å². The van der Waals surface area contributed by atoms with Gasteiger partial charge in [-0.15, -0.1) is 0 Å². The van der Waals surface area contributed by atoms with Crippen molar-refractivity contribution in [3.05, 3.63) is 89.0 Å². The third-order valence-electron chi connectivity index (χ3n) is 3.90. The number of anilines is 1. The molecular weight excluding hydrogens is 348 g/mol. The number of esters is 1. The van der Waals surface area contributed by atoms with Crippen molar-refractivity contribution in [2.75, 3.05) is 5.23 Å². The highest BCUT2D eigenvalue weighted by molar-refractivity contribution is 6.12. The minimum absolute atomic E-state index is 0.0836. The largest absolute Gasteiger partial charge is 0.733 e. The van der Waals surface area contributed by atoms with E-state index in [1.54, 1.807) is 36.4 Å². The van der Waals surface area contributed by atoms with Crippen LogP contribution in [0.2, 0.25) is 0 Å². The van der Waals surface area contributed by atoms with Crippen LogP contribution in [-0.2, 0) is 9.53 Å². The van der Waals surface area contributed by atoms with E-state index in [0.717, 1.165) is 0 Å². The first kappa shape index (κ1) is 16.8. The van der Waals surface area contributed by atoms with E-state index in [0.29, 0.717) is 22.6 Å². The van der Waals surface area contributed by atoms with Crippen molar-refractivity contribution in [1.82, 2.24) is 0 Å². The fraction of sp³-hybridized carbons (Fsp3) is 0. The topological polar surface area (TPSA) is 98.3 Å². The van der Waals surface area contributed by atoms with Crippen LogP contribution in [0, 0.1) is 5.21 Å². The molecule has 134 valence electrons. The number of benzene rings is 2. The summed E-state index contributed by atoms with van der Waals surface area (Å²) in [6.45, 7) is 0. The standard InChI is InChI=1S/C20H13N2O5/c23-20-17(21-19(27-20)13-5-2-1-3-6-13)12-16-9-10-18(26-16)14-7-4-8-15(11-14)22(24)25/h1-12,24H/q-1. The Labute approximate surface area is 154 Å². The number of furan rings is 1. The van der Waals surface area contributed by atoms with E-state index in [4.69, 9.17) is 14.4 Å². The molecule has 0 saturated carbocycles. The maximum Gasteiger partial charge on any atom is 0.363 e. The first-order chi connectivity index (χ1) is 13.1. The highest BCUT2D eigenvalue weighted by Gasteiger charge is 2.24. The van der Waals surface area contributed by atoms with Crippen molar-refractivity contribution in [2.24, 2.45) is 4.99 Å². The first-order valence-electron chi connectivity index (χ1n) is 8.04. The number of carbonyl (C=O) groups is 1. The summed E-state index contributed by atoms with van der Waals surface area (Å²) in [5.74, 6) is 0.563. The van der Waals surface area contributed by atoms with E-state index < -0.39 is 5.97 Å². The van der Waals surface area contributed by atoms with Gasteiger partial charge in [-0.25, -0.2) is 9.79 Å². The average Bonchev–Trinajstić information content (AvgIpc) is 3.30. The lowest BCUT2D eigenvalue weighted by atomic mass is 10.1. The molecular formula is C20H13N2O5-. The van der Waals surface area contributed by atoms with E-state index in [9.17, 15) is 10.0 Å². The molecule has 0 unspecified atom stereocenters. The number of hydrogen-bond acceptors (Lipinski definition) is 7. The number of cyclic esters (lactones) is 1. The summed E-state index contributed by atoms with van der Waals surface area (Å²) in [6, 6.07) is 18.8. The maximum atomic E-state index is 12.0. The van der Waals surface area contributed by atoms with Crippen LogP contribution in [0.5, 0.6) is 0 Å². The van der Waals surface area contributed by atoms with Crippen LogP contribution in [-0.4, -0.2) is 17.1 Å². The third-order valence-corrected chi connectivity index (χ3v) is 3.90. The predicted molar refractivity (Wildman–Crippen MR) is 98.8 cm³/mol. The van der Waals surface area contributed by atoms with Crippen LogP contribution in [0.15, 0.2) is 81.8 Å². The Bertz CT molecular complexity index is 1050. The Kier molecular flexibility index (Phi) is 4.29. The molecule has 1 aliphatic rings. The van der Waals surface area contributed by atoms with Gasteiger partial charge in [-0.1, -0.05) is 30.3 Å². The number of aliphatic imine (C=N–C) groups is 1. The molecule has 27 heavy (non-hydrogen) atoms. The van der Waals surface area contributed by atoms with Gasteiger partial charge >= 0.3 is 5.97 Å². The SMILES string of the molecule is O=C1OC(c2ccccc2)=NC1=Cc1ccc(-c2cccc(N([O-])O)c2)o1. The molecule has 0 bridgehead atoms. The van der Waals surface area contributed by atoms with Crippen LogP contribution in [0.25, 0.3) is 17.4 Å². The number of nitrogens with zero attached hydrogens (tertiary/aromatic N) is 2. The molecule has 0 saturated heterocycles. The second-order valence-electron chi connectivity index (χ2n) is 5.73. The van der Waals surface area contributed by atoms with E-state index in [1.807, 2.05) is 18.2 Å². The highest BCUT2D eigenvalue weighted by Crippen LogP contribution is 2.27. The van der Waals surface area contributed by atoms with Gasteiger partial charge in [0.2, 0.25) is 5.90 Å². The lowest BCUT2D eigenvalue weighted by molar-refractivity contribution is -0.129. The monoisotopic (exact) mass is 361 g/mol. The number of rotatable bonds is 4. The molecule has 7 heteroatoms. The third kappa shape index (κ3) is 3.50. The Morgan fingerprint density at radius 3 is 2.56 bits per heavy atom. The zero-order valence-electron chi connectivity index (χ0n) is 13.9. The van der Waals surface area contributed by atoms with Crippen LogP contribution in [0.3, 0.4) is 0 Å². The summed E-state index contributed by atoms with van der Waals surface area (Å²) in [6.07, 6.45) is 1.48. The van der Waals surface area contributed by atoms with Crippen LogP contribution < -0.4 is 5.23 Å². The fourth-order valence-electron chi connectivity index (χ4n) is 2.61. The van der Waals surface area contributed by atoms with Gasteiger partial charge in [0.25, 0.3) is 0 Å². The van der Waals surface area contributed by atoms with Crippen molar-refractivity contribution < 1.29 is 19.2 Å². The lowest BCUT2D eigenvalue weighted by Gasteiger charge is -2.21. The second kappa shape index (κ2) is 6.91. The number of carbonyl (C=O) groups excluding carboxylic acids is 1. The Morgan fingerprint density at radius 2 is 1.78 bits per heavy atom. The van der Waals surface area contributed by atoms with E-state index in [2.05, 4.69) is 4.99 Å². The molecule has 2 aromatic carbocycles.